The van der Waals surface area contributed by atoms with Gasteiger partial charge >= 0.3 is 0 Å². The van der Waals surface area contributed by atoms with Gasteiger partial charge in [0.15, 0.2) is 0 Å². The van der Waals surface area contributed by atoms with Crippen LogP contribution >= 0.6 is 0 Å². The molecule has 10 heavy (non-hydrogen) atoms. The van der Waals surface area contributed by atoms with Crippen molar-refractivity contribution in [1.29, 1.82) is 0 Å². The lowest BCUT2D eigenvalue weighted by atomic mass is 10.0. The van der Waals surface area contributed by atoms with Crippen LogP contribution in [0.3, 0.4) is 0 Å². The van der Waals surface area contributed by atoms with Crippen LogP contribution in [-0.2, 0) is 4.74 Å². The van der Waals surface area contributed by atoms with E-state index >= 15 is 0 Å². The fourth-order valence-corrected chi connectivity index (χ4v) is 1.01. The van der Waals surface area contributed by atoms with Gasteiger partial charge in [0.1, 0.15) is 5.60 Å². The van der Waals surface area contributed by atoms with Crippen LogP contribution in [0.2, 0.25) is 0 Å². The number of hydrogen-bond acceptors (Lipinski definition) is 2. The second kappa shape index (κ2) is 2.89. The SMILES string of the molecule is CCCC[C@@H](O)[C@]1(C)CO1. The summed E-state index contributed by atoms with van der Waals surface area (Å²) in [5, 5.41) is 9.45. The quantitative estimate of drug-likeness (QED) is 0.604. The Hall–Kier alpha value is -0.0800. The molecule has 2 atom stereocenters. The summed E-state index contributed by atoms with van der Waals surface area (Å²) in [5.74, 6) is 0. The summed E-state index contributed by atoms with van der Waals surface area (Å²) in [6, 6.07) is 0. The van der Waals surface area contributed by atoms with E-state index in [1.807, 2.05) is 6.92 Å². The summed E-state index contributed by atoms with van der Waals surface area (Å²) >= 11 is 0. The predicted molar refractivity (Wildman–Crippen MR) is 39.9 cm³/mol. The second-order valence-corrected chi connectivity index (χ2v) is 3.26. The smallest absolute Gasteiger partial charge is 0.115 e. The first-order valence-corrected chi connectivity index (χ1v) is 4.01. The van der Waals surface area contributed by atoms with Crippen molar-refractivity contribution in [3.63, 3.8) is 0 Å². The molecule has 0 radical (unpaired) electrons. The molecule has 60 valence electrons. The maximum atomic E-state index is 9.45. The molecule has 1 N–H and O–H groups in total. The first-order valence-electron chi connectivity index (χ1n) is 4.01. The molecule has 1 aliphatic heterocycles. The van der Waals surface area contributed by atoms with E-state index in [-0.39, 0.29) is 11.7 Å². The van der Waals surface area contributed by atoms with Gasteiger partial charge in [0, 0.05) is 0 Å². The highest BCUT2D eigenvalue weighted by Gasteiger charge is 2.45. The van der Waals surface area contributed by atoms with Crippen LogP contribution in [0.5, 0.6) is 0 Å². The molecule has 2 nitrogen and oxygen atoms in total. The van der Waals surface area contributed by atoms with Gasteiger partial charge in [0.05, 0.1) is 12.7 Å². The molecular weight excluding hydrogens is 128 g/mol. The summed E-state index contributed by atoms with van der Waals surface area (Å²) < 4.78 is 5.10. The second-order valence-electron chi connectivity index (χ2n) is 3.26. The number of ether oxygens (including phenoxy) is 1. The first kappa shape index (κ1) is 8.02. The lowest BCUT2D eigenvalue weighted by Gasteiger charge is -2.12. The number of aliphatic hydroxyl groups is 1. The minimum Gasteiger partial charge on any atom is -0.390 e. The summed E-state index contributed by atoms with van der Waals surface area (Å²) in [6.07, 6.45) is 2.88. The van der Waals surface area contributed by atoms with Crippen molar-refractivity contribution in [2.75, 3.05) is 6.61 Å². The third-order valence-corrected chi connectivity index (χ3v) is 2.14. The third kappa shape index (κ3) is 1.70. The van der Waals surface area contributed by atoms with Gasteiger partial charge in [0.25, 0.3) is 0 Å². The first-order chi connectivity index (χ1) is 4.69. The minimum absolute atomic E-state index is 0.185. The number of hydrogen-bond donors (Lipinski definition) is 1. The lowest BCUT2D eigenvalue weighted by molar-refractivity contribution is 0.0756. The molecule has 0 aliphatic carbocycles. The van der Waals surface area contributed by atoms with Crippen molar-refractivity contribution in [1.82, 2.24) is 0 Å². The molecule has 1 saturated heterocycles. The van der Waals surface area contributed by atoms with E-state index in [0.29, 0.717) is 0 Å². The number of epoxide rings is 1. The average molecular weight is 144 g/mol. The summed E-state index contributed by atoms with van der Waals surface area (Å²) in [7, 11) is 0. The zero-order chi connectivity index (χ0) is 7.61. The van der Waals surface area contributed by atoms with Crippen molar-refractivity contribution in [2.45, 2.75) is 44.8 Å². The molecule has 0 unspecified atom stereocenters. The molecule has 0 aromatic rings. The molecule has 0 aromatic carbocycles. The molecule has 2 heteroatoms. The van der Waals surface area contributed by atoms with Crippen molar-refractivity contribution in [3.05, 3.63) is 0 Å². The Labute approximate surface area is 62.2 Å². The minimum atomic E-state index is -0.243. The van der Waals surface area contributed by atoms with E-state index in [1.54, 1.807) is 0 Å². The lowest BCUT2D eigenvalue weighted by Crippen LogP contribution is -2.25. The van der Waals surface area contributed by atoms with Gasteiger partial charge < -0.3 is 9.84 Å². The highest BCUT2D eigenvalue weighted by molar-refractivity contribution is 4.93. The molecule has 1 rings (SSSR count). The van der Waals surface area contributed by atoms with Crippen LogP contribution in [-0.4, -0.2) is 23.4 Å². The third-order valence-electron chi connectivity index (χ3n) is 2.14. The van der Waals surface area contributed by atoms with Crippen LogP contribution < -0.4 is 0 Å². The van der Waals surface area contributed by atoms with E-state index in [4.69, 9.17) is 4.74 Å². The number of rotatable bonds is 4. The van der Waals surface area contributed by atoms with E-state index < -0.39 is 0 Å². The normalized spacial score (nSPS) is 33.9. The highest BCUT2D eigenvalue weighted by Crippen LogP contribution is 2.32. The van der Waals surface area contributed by atoms with Gasteiger partial charge in [-0.25, -0.2) is 0 Å². The molecule has 0 aromatic heterocycles. The Morgan fingerprint density at radius 3 is 2.70 bits per heavy atom. The Balaban J connectivity index is 2.15. The monoisotopic (exact) mass is 144 g/mol. The fourth-order valence-electron chi connectivity index (χ4n) is 1.01. The van der Waals surface area contributed by atoms with Crippen LogP contribution in [0.15, 0.2) is 0 Å². The Kier molecular flexibility index (Phi) is 2.32. The molecule has 0 spiro atoms. The predicted octanol–water partition coefficient (Wildman–Crippen LogP) is 1.33. The van der Waals surface area contributed by atoms with E-state index in [1.165, 1.54) is 0 Å². The van der Waals surface area contributed by atoms with Crippen LogP contribution in [0.4, 0.5) is 0 Å². The Morgan fingerprint density at radius 1 is 1.70 bits per heavy atom. The van der Waals surface area contributed by atoms with Gasteiger partial charge in [-0.1, -0.05) is 19.8 Å². The number of aliphatic hydroxyl groups excluding tert-OH is 1. The molecule has 1 aliphatic rings. The average Bonchev–Trinajstić information content (AvgIpc) is 2.64. The van der Waals surface area contributed by atoms with Gasteiger partial charge in [-0.3, -0.25) is 0 Å². The van der Waals surface area contributed by atoms with E-state index in [9.17, 15) is 5.11 Å². The Morgan fingerprint density at radius 2 is 2.30 bits per heavy atom. The molecule has 1 fully saturated rings. The topological polar surface area (TPSA) is 32.8 Å². The summed E-state index contributed by atoms with van der Waals surface area (Å²) in [6.45, 7) is 4.83. The summed E-state index contributed by atoms with van der Waals surface area (Å²) in [4.78, 5) is 0. The maximum absolute atomic E-state index is 9.45. The van der Waals surface area contributed by atoms with E-state index in [2.05, 4.69) is 6.92 Å². The van der Waals surface area contributed by atoms with Crippen LogP contribution in [0.25, 0.3) is 0 Å². The van der Waals surface area contributed by atoms with Gasteiger partial charge in [0.2, 0.25) is 0 Å². The summed E-state index contributed by atoms with van der Waals surface area (Å²) in [5.41, 5.74) is -0.185. The van der Waals surface area contributed by atoms with Gasteiger partial charge in [-0.05, 0) is 13.3 Å². The maximum Gasteiger partial charge on any atom is 0.115 e. The van der Waals surface area contributed by atoms with Crippen LogP contribution in [0.1, 0.15) is 33.1 Å². The Bertz CT molecular complexity index is 108. The van der Waals surface area contributed by atoms with E-state index in [0.717, 1.165) is 25.9 Å². The van der Waals surface area contributed by atoms with Crippen molar-refractivity contribution < 1.29 is 9.84 Å². The van der Waals surface area contributed by atoms with Gasteiger partial charge in [-0.15, -0.1) is 0 Å². The standard InChI is InChI=1S/C8H16O2/c1-3-4-5-7(9)8(2)6-10-8/h7,9H,3-6H2,1-2H3/t7-,8+/m1/s1. The van der Waals surface area contributed by atoms with Gasteiger partial charge in [-0.2, -0.15) is 0 Å². The largest absolute Gasteiger partial charge is 0.390 e. The molecule has 0 saturated carbocycles. The number of unbranched alkanes of at least 4 members (excludes halogenated alkanes) is 1. The van der Waals surface area contributed by atoms with Crippen molar-refractivity contribution in [2.24, 2.45) is 0 Å². The molecule has 0 amide bonds. The fraction of sp³-hybridized carbons (Fsp3) is 1.00. The molecule has 1 heterocycles. The zero-order valence-corrected chi connectivity index (χ0v) is 6.76. The van der Waals surface area contributed by atoms with Crippen molar-refractivity contribution in [3.8, 4) is 0 Å². The highest BCUT2D eigenvalue weighted by atomic mass is 16.6. The molecular formula is C8H16O2. The van der Waals surface area contributed by atoms with Crippen molar-refractivity contribution >= 4 is 0 Å². The zero-order valence-electron chi connectivity index (χ0n) is 6.76. The van der Waals surface area contributed by atoms with Crippen LogP contribution in [0, 0.1) is 0 Å². The molecule has 0 bridgehead atoms.